The number of ether oxygens (including phenoxy) is 1. The van der Waals surface area contributed by atoms with Gasteiger partial charge in [-0.15, -0.1) is 0 Å². The van der Waals surface area contributed by atoms with Gasteiger partial charge in [0, 0.05) is 26.2 Å². The van der Waals surface area contributed by atoms with Crippen LogP contribution in [0.2, 0.25) is 0 Å². The van der Waals surface area contributed by atoms with Crippen LogP contribution >= 0.6 is 0 Å². The summed E-state index contributed by atoms with van der Waals surface area (Å²) in [6.07, 6.45) is 0. The topological polar surface area (TPSA) is 50.6 Å². The molecular formula is C14H24N4O2. The average Bonchev–Trinajstić information content (AvgIpc) is 2.90. The van der Waals surface area contributed by atoms with Crippen LogP contribution < -0.4 is 0 Å². The van der Waals surface area contributed by atoms with Gasteiger partial charge in [0.2, 0.25) is 0 Å². The highest BCUT2D eigenvalue weighted by Crippen LogP contribution is 2.11. The molecule has 0 aromatic carbocycles. The third-order valence-electron chi connectivity index (χ3n) is 3.65. The van der Waals surface area contributed by atoms with Gasteiger partial charge < -0.3 is 14.5 Å². The van der Waals surface area contributed by atoms with Crippen LogP contribution in [0.25, 0.3) is 0 Å². The lowest BCUT2D eigenvalue weighted by Gasteiger charge is -2.25. The summed E-state index contributed by atoms with van der Waals surface area (Å²) < 4.78 is 7.19. The third-order valence-corrected chi connectivity index (χ3v) is 3.65. The lowest BCUT2D eigenvalue weighted by molar-refractivity contribution is 0.0298. The molecule has 1 aliphatic rings. The maximum absolute atomic E-state index is 12.4. The zero-order valence-corrected chi connectivity index (χ0v) is 12.6. The molecule has 6 heteroatoms. The minimum Gasteiger partial charge on any atom is -0.378 e. The first-order chi connectivity index (χ1) is 9.65. The van der Waals surface area contributed by atoms with Crippen molar-refractivity contribution in [3.8, 4) is 0 Å². The van der Waals surface area contributed by atoms with Crippen molar-refractivity contribution in [1.29, 1.82) is 0 Å². The van der Waals surface area contributed by atoms with E-state index in [2.05, 4.69) is 24.0 Å². The van der Waals surface area contributed by atoms with Crippen molar-refractivity contribution < 1.29 is 9.53 Å². The zero-order valence-electron chi connectivity index (χ0n) is 12.6. The van der Waals surface area contributed by atoms with Crippen molar-refractivity contribution in [2.45, 2.75) is 26.9 Å². The Balaban J connectivity index is 2.13. The Morgan fingerprint density at radius 1 is 1.40 bits per heavy atom. The van der Waals surface area contributed by atoms with Crippen LogP contribution in [0.1, 0.15) is 30.0 Å². The maximum Gasteiger partial charge on any atom is 0.274 e. The highest BCUT2D eigenvalue weighted by molar-refractivity contribution is 5.92. The number of morpholine rings is 1. The first-order valence-corrected chi connectivity index (χ1v) is 7.28. The molecule has 20 heavy (non-hydrogen) atoms. The molecular weight excluding hydrogens is 256 g/mol. The van der Waals surface area contributed by atoms with Gasteiger partial charge in [-0.3, -0.25) is 9.48 Å². The third kappa shape index (κ3) is 3.37. The first kappa shape index (κ1) is 15.0. The number of aromatic nitrogens is 2. The second-order valence-corrected chi connectivity index (χ2v) is 5.07. The van der Waals surface area contributed by atoms with Crippen molar-refractivity contribution in [3.63, 3.8) is 0 Å². The van der Waals surface area contributed by atoms with Gasteiger partial charge in [-0.2, -0.15) is 5.10 Å². The van der Waals surface area contributed by atoms with E-state index in [1.807, 2.05) is 22.6 Å². The predicted molar refractivity (Wildman–Crippen MR) is 76.6 cm³/mol. The number of carbonyl (C=O) groups is 1. The summed E-state index contributed by atoms with van der Waals surface area (Å²) in [5.41, 5.74) is 1.64. The van der Waals surface area contributed by atoms with Gasteiger partial charge in [0.15, 0.2) is 5.69 Å². The second kappa shape index (κ2) is 6.85. The molecule has 1 saturated heterocycles. The molecule has 0 atom stereocenters. The molecule has 1 aliphatic heterocycles. The van der Waals surface area contributed by atoms with E-state index in [0.717, 1.165) is 25.3 Å². The highest BCUT2D eigenvalue weighted by Gasteiger charge is 2.22. The molecule has 0 unspecified atom stereocenters. The molecule has 0 aliphatic carbocycles. The van der Waals surface area contributed by atoms with E-state index in [0.29, 0.717) is 32.0 Å². The number of amides is 1. The van der Waals surface area contributed by atoms with Crippen LogP contribution in [-0.4, -0.2) is 65.4 Å². The fourth-order valence-corrected chi connectivity index (χ4v) is 2.28. The Kier molecular flexibility index (Phi) is 5.14. The molecule has 0 saturated carbocycles. The average molecular weight is 280 g/mol. The Morgan fingerprint density at radius 2 is 2.10 bits per heavy atom. The predicted octanol–water partition coefficient (Wildman–Crippen LogP) is 0.827. The number of hydrogen-bond donors (Lipinski definition) is 0. The van der Waals surface area contributed by atoms with Crippen LogP contribution in [-0.2, 0) is 17.8 Å². The molecule has 0 radical (unpaired) electrons. The van der Waals surface area contributed by atoms with Gasteiger partial charge in [-0.25, -0.2) is 0 Å². The van der Waals surface area contributed by atoms with Crippen molar-refractivity contribution >= 4 is 5.91 Å². The fraction of sp³-hybridized carbons (Fsp3) is 0.714. The van der Waals surface area contributed by atoms with E-state index in [-0.39, 0.29) is 5.91 Å². The van der Waals surface area contributed by atoms with E-state index in [9.17, 15) is 4.79 Å². The summed E-state index contributed by atoms with van der Waals surface area (Å²) in [6.45, 7) is 9.28. The Bertz CT molecular complexity index is 452. The van der Waals surface area contributed by atoms with Crippen molar-refractivity contribution in [1.82, 2.24) is 19.6 Å². The number of carbonyl (C=O) groups excluding carboxylic acids is 1. The van der Waals surface area contributed by atoms with Crippen LogP contribution in [0.5, 0.6) is 0 Å². The van der Waals surface area contributed by atoms with Gasteiger partial charge in [0.25, 0.3) is 5.91 Å². The molecule has 0 spiro atoms. The van der Waals surface area contributed by atoms with Gasteiger partial charge in [-0.1, -0.05) is 6.92 Å². The van der Waals surface area contributed by atoms with E-state index in [1.54, 1.807) is 0 Å². The molecule has 2 heterocycles. The molecule has 0 bridgehead atoms. The number of aryl methyl sites for hydroxylation is 1. The normalized spacial score (nSPS) is 15.9. The minimum absolute atomic E-state index is 0.0147. The maximum atomic E-state index is 12.4. The molecule has 1 aromatic rings. The highest BCUT2D eigenvalue weighted by atomic mass is 16.5. The summed E-state index contributed by atoms with van der Waals surface area (Å²) in [5.74, 6) is 0.0147. The van der Waals surface area contributed by atoms with Crippen LogP contribution in [0.4, 0.5) is 0 Å². The smallest absolute Gasteiger partial charge is 0.274 e. The molecule has 1 fully saturated rings. The van der Waals surface area contributed by atoms with Crippen molar-refractivity contribution in [2.75, 3.05) is 39.9 Å². The lowest BCUT2D eigenvalue weighted by Crippen LogP contribution is -2.40. The van der Waals surface area contributed by atoms with Crippen molar-refractivity contribution in [3.05, 3.63) is 17.5 Å². The Morgan fingerprint density at radius 3 is 2.70 bits per heavy atom. The summed E-state index contributed by atoms with van der Waals surface area (Å²) in [6, 6.07) is 1.92. The minimum atomic E-state index is 0.0147. The van der Waals surface area contributed by atoms with Crippen molar-refractivity contribution in [2.24, 2.45) is 0 Å². The van der Waals surface area contributed by atoms with Crippen LogP contribution in [0.15, 0.2) is 6.07 Å². The van der Waals surface area contributed by atoms with Crippen LogP contribution in [0.3, 0.4) is 0 Å². The summed E-state index contributed by atoms with van der Waals surface area (Å²) >= 11 is 0. The van der Waals surface area contributed by atoms with Gasteiger partial charge in [-0.05, 0) is 26.6 Å². The van der Waals surface area contributed by atoms with Gasteiger partial charge in [0.1, 0.15) is 0 Å². The number of nitrogens with zero attached hydrogens (tertiary/aromatic N) is 4. The standard InChI is InChI=1S/C14H24N4O2/c1-4-16(3)11-12-10-13(15-18(12)5-2)14(19)17-6-8-20-9-7-17/h10H,4-9,11H2,1-3H3. The second-order valence-electron chi connectivity index (χ2n) is 5.07. The molecule has 2 rings (SSSR count). The molecule has 0 N–H and O–H groups in total. The lowest BCUT2D eigenvalue weighted by atomic mass is 10.3. The molecule has 1 aromatic heterocycles. The van der Waals surface area contributed by atoms with Gasteiger partial charge >= 0.3 is 0 Å². The number of hydrogen-bond acceptors (Lipinski definition) is 4. The molecule has 6 nitrogen and oxygen atoms in total. The largest absolute Gasteiger partial charge is 0.378 e. The zero-order chi connectivity index (χ0) is 14.5. The van der Waals surface area contributed by atoms with E-state index < -0.39 is 0 Å². The van der Waals surface area contributed by atoms with E-state index in [4.69, 9.17) is 4.74 Å². The number of rotatable bonds is 5. The Hall–Kier alpha value is -1.40. The summed E-state index contributed by atoms with van der Waals surface area (Å²) in [5, 5.41) is 4.45. The quantitative estimate of drug-likeness (QED) is 0.801. The molecule has 1 amide bonds. The SMILES string of the molecule is CCN(C)Cc1cc(C(=O)N2CCOCC2)nn1CC. The van der Waals surface area contributed by atoms with E-state index >= 15 is 0 Å². The van der Waals surface area contributed by atoms with Crippen LogP contribution in [0, 0.1) is 0 Å². The summed E-state index contributed by atoms with van der Waals surface area (Å²) in [4.78, 5) is 16.4. The fourth-order valence-electron chi connectivity index (χ4n) is 2.28. The first-order valence-electron chi connectivity index (χ1n) is 7.28. The molecule has 112 valence electrons. The van der Waals surface area contributed by atoms with Gasteiger partial charge in [0.05, 0.1) is 18.9 Å². The Labute approximate surface area is 120 Å². The van der Waals surface area contributed by atoms with E-state index in [1.165, 1.54) is 0 Å². The monoisotopic (exact) mass is 280 g/mol. The summed E-state index contributed by atoms with van der Waals surface area (Å²) in [7, 11) is 2.07.